The predicted octanol–water partition coefficient (Wildman–Crippen LogP) is 4.55. The lowest BCUT2D eigenvalue weighted by Gasteiger charge is -2.26. The fourth-order valence-electron chi connectivity index (χ4n) is 2.54. The van der Waals surface area contributed by atoms with Crippen molar-refractivity contribution >= 4 is 11.8 Å². The molecule has 1 nitrogen and oxygen atoms in total. The van der Waals surface area contributed by atoms with Crippen molar-refractivity contribution in [3.63, 3.8) is 0 Å². The van der Waals surface area contributed by atoms with E-state index >= 15 is 0 Å². The van der Waals surface area contributed by atoms with Crippen LogP contribution in [-0.4, -0.2) is 10.4 Å². The number of hydrogen-bond acceptors (Lipinski definition) is 2. The molecule has 0 heterocycles. The number of benzene rings is 1. The summed E-state index contributed by atoms with van der Waals surface area (Å²) in [5.41, 5.74) is 0.647. The second-order valence-electron chi connectivity index (χ2n) is 5.38. The third kappa shape index (κ3) is 3.48. The van der Waals surface area contributed by atoms with E-state index in [1.54, 1.807) is 24.8 Å². The lowest BCUT2D eigenvalue weighted by atomic mass is 9.91. The Balaban J connectivity index is 2.05. The monoisotopic (exact) mass is 268 g/mol. The number of thioether (sulfide) groups is 1. The van der Waals surface area contributed by atoms with Crippen LogP contribution in [0.5, 0.6) is 0 Å². The minimum absolute atomic E-state index is 0.198. The molecule has 1 fully saturated rings. The van der Waals surface area contributed by atoms with Gasteiger partial charge in [-0.25, -0.2) is 4.39 Å². The number of aliphatic hydroxyl groups excluding tert-OH is 1. The maximum atomic E-state index is 13.9. The third-order valence-corrected chi connectivity index (χ3v) is 4.97. The van der Waals surface area contributed by atoms with Crippen molar-refractivity contribution in [1.82, 2.24) is 0 Å². The number of rotatable bonds is 3. The largest absolute Gasteiger partial charge is 0.389 e. The smallest absolute Gasteiger partial charge is 0.137 e. The fourth-order valence-corrected chi connectivity index (χ4v) is 3.92. The molecule has 18 heavy (non-hydrogen) atoms. The van der Waals surface area contributed by atoms with Crippen molar-refractivity contribution in [2.45, 2.75) is 55.8 Å². The molecule has 3 heteroatoms. The lowest BCUT2D eigenvalue weighted by Crippen LogP contribution is -2.15. The first kappa shape index (κ1) is 13.9. The second kappa shape index (κ2) is 6.07. The molecule has 0 bridgehead atoms. The van der Waals surface area contributed by atoms with Crippen LogP contribution in [0.3, 0.4) is 0 Å². The van der Waals surface area contributed by atoms with Gasteiger partial charge in [0.1, 0.15) is 5.82 Å². The zero-order chi connectivity index (χ0) is 13.1. The lowest BCUT2D eigenvalue weighted by molar-refractivity contribution is 0.198. The average Bonchev–Trinajstić information content (AvgIpc) is 2.31. The molecule has 0 saturated heterocycles. The van der Waals surface area contributed by atoms with Crippen LogP contribution in [0, 0.1) is 11.7 Å². The van der Waals surface area contributed by atoms with E-state index in [-0.39, 0.29) is 5.82 Å². The van der Waals surface area contributed by atoms with Crippen molar-refractivity contribution in [2.24, 2.45) is 5.92 Å². The maximum absolute atomic E-state index is 13.9. The molecule has 3 atom stereocenters. The summed E-state index contributed by atoms with van der Waals surface area (Å²) >= 11 is 1.66. The van der Waals surface area contributed by atoms with E-state index in [1.807, 2.05) is 6.07 Å². The van der Waals surface area contributed by atoms with Crippen molar-refractivity contribution < 1.29 is 9.50 Å². The Kier molecular flexibility index (Phi) is 4.68. The van der Waals surface area contributed by atoms with Gasteiger partial charge >= 0.3 is 0 Å². The molecular weight excluding hydrogens is 247 g/mol. The molecule has 0 aromatic heterocycles. The SMILES string of the molecule is CC1CCCC(Sc2ccc([C@H](C)O)cc2F)C1. The Bertz CT molecular complexity index is 405. The summed E-state index contributed by atoms with van der Waals surface area (Å²) in [5, 5.41) is 9.96. The highest BCUT2D eigenvalue weighted by Gasteiger charge is 2.21. The van der Waals surface area contributed by atoms with E-state index in [2.05, 4.69) is 6.92 Å². The van der Waals surface area contributed by atoms with Gasteiger partial charge in [0.2, 0.25) is 0 Å². The molecule has 100 valence electrons. The second-order valence-corrected chi connectivity index (χ2v) is 6.72. The number of aliphatic hydroxyl groups is 1. The van der Waals surface area contributed by atoms with Crippen LogP contribution in [0.2, 0.25) is 0 Å². The summed E-state index contributed by atoms with van der Waals surface area (Å²) in [5.74, 6) is 0.563. The normalized spacial score (nSPS) is 26.0. The quantitative estimate of drug-likeness (QED) is 0.868. The molecule has 0 aliphatic heterocycles. The van der Waals surface area contributed by atoms with E-state index < -0.39 is 6.10 Å². The first-order valence-electron chi connectivity index (χ1n) is 6.70. The summed E-state index contributed by atoms with van der Waals surface area (Å²) in [6.07, 6.45) is 4.33. The first-order chi connectivity index (χ1) is 8.56. The van der Waals surface area contributed by atoms with Gasteiger partial charge in [-0.05, 0) is 43.4 Å². The molecule has 0 amide bonds. The standard InChI is InChI=1S/C15H21FOS/c1-10-4-3-5-13(8-10)18-15-7-6-12(11(2)17)9-14(15)16/h6-7,9-11,13,17H,3-5,8H2,1-2H3/t10?,11-,13?/m0/s1. The summed E-state index contributed by atoms with van der Waals surface area (Å²) < 4.78 is 13.9. The highest BCUT2D eigenvalue weighted by atomic mass is 32.2. The van der Waals surface area contributed by atoms with Crippen LogP contribution < -0.4 is 0 Å². The van der Waals surface area contributed by atoms with Gasteiger partial charge in [0.25, 0.3) is 0 Å². The average molecular weight is 268 g/mol. The van der Waals surface area contributed by atoms with Gasteiger partial charge in [-0.2, -0.15) is 0 Å². The molecule has 1 aliphatic carbocycles. The highest BCUT2D eigenvalue weighted by Crippen LogP contribution is 2.37. The summed E-state index contributed by atoms with van der Waals surface area (Å²) in [4.78, 5) is 0.721. The summed E-state index contributed by atoms with van der Waals surface area (Å²) in [6.45, 7) is 3.93. The molecule has 1 N–H and O–H groups in total. The van der Waals surface area contributed by atoms with Gasteiger partial charge in [-0.15, -0.1) is 11.8 Å². The molecule has 2 rings (SSSR count). The highest BCUT2D eigenvalue weighted by molar-refractivity contribution is 8.00. The summed E-state index contributed by atoms with van der Waals surface area (Å²) in [7, 11) is 0. The van der Waals surface area contributed by atoms with Crippen LogP contribution in [0.25, 0.3) is 0 Å². The number of hydrogen-bond donors (Lipinski definition) is 1. The van der Waals surface area contributed by atoms with E-state index in [4.69, 9.17) is 0 Å². The topological polar surface area (TPSA) is 20.2 Å². The molecule has 1 aromatic rings. The Labute approximate surface area is 113 Å². The van der Waals surface area contributed by atoms with Crippen molar-refractivity contribution in [2.75, 3.05) is 0 Å². The van der Waals surface area contributed by atoms with Crippen molar-refractivity contribution in [3.8, 4) is 0 Å². The van der Waals surface area contributed by atoms with Gasteiger partial charge in [-0.1, -0.05) is 25.8 Å². The van der Waals surface area contributed by atoms with Crippen molar-refractivity contribution in [3.05, 3.63) is 29.6 Å². The minimum Gasteiger partial charge on any atom is -0.389 e. The zero-order valence-corrected chi connectivity index (χ0v) is 11.8. The molecule has 1 aliphatic rings. The molecular formula is C15H21FOS. The van der Waals surface area contributed by atoms with E-state index in [0.717, 1.165) is 10.8 Å². The van der Waals surface area contributed by atoms with Crippen LogP contribution in [-0.2, 0) is 0 Å². The van der Waals surface area contributed by atoms with Crippen LogP contribution >= 0.6 is 11.8 Å². The summed E-state index contributed by atoms with van der Waals surface area (Å²) in [6, 6.07) is 5.09. The van der Waals surface area contributed by atoms with E-state index in [9.17, 15) is 9.50 Å². The van der Waals surface area contributed by atoms with Crippen LogP contribution in [0.1, 0.15) is 51.2 Å². The molecule has 0 radical (unpaired) electrons. The first-order valence-corrected chi connectivity index (χ1v) is 7.58. The molecule has 1 aromatic carbocycles. The van der Waals surface area contributed by atoms with Gasteiger partial charge in [-0.3, -0.25) is 0 Å². The van der Waals surface area contributed by atoms with Crippen LogP contribution in [0.4, 0.5) is 4.39 Å². The maximum Gasteiger partial charge on any atom is 0.137 e. The van der Waals surface area contributed by atoms with E-state index in [0.29, 0.717) is 10.8 Å². The van der Waals surface area contributed by atoms with Gasteiger partial charge in [0, 0.05) is 10.1 Å². The van der Waals surface area contributed by atoms with Crippen molar-refractivity contribution in [1.29, 1.82) is 0 Å². The van der Waals surface area contributed by atoms with Gasteiger partial charge in [0.15, 0.2) is 0 Å². The van der Waals surface area contributed by atoms with Gasteiger partial charge < -0.3 is 5.11 Å². The van der Waals surface area contributed by atoms with Crippen LogP contribution in [0.15, 0.2) is 23.1 Å². The number of halogens is 1. The fraction of sp³-hybridized carbons (Fsp3) is 0.600. The zero-order valence-electron chi connectivity index (χ0n) is 11.0. The van der Waals surface area contributed by atoms with Gasteiger partial charge in [0.05, 0.1) is 6.10 Å². The Hall–Kier alpha value is -0.540. The molecule has 1 saturated carbocycles. The van der Waals surface area contributed by atoms with E-state index in [1.165, 1.54) is 31.7 Å². The molecule has 0 spiro atoms. The Morgan fingerprint density at radius 1 is 1.39 bits per heavy atom. The minimum atomic E-state index is -0.603. The Morgan fingerprint density at radius 2 is 2.17 bits per heavy atom. The predicted molar refractivity (Wildman–Crippen MR) is 74.3 cm³/mol. The molecule has 2 unspecified atom stereocenters. The Morgan fingerprint density at radius 3 is 2.78 bits per heavy atom. The third-order valence-electron chi connectivity index (χ3n) is 3.62.